The highest BCUT2D eigenvalue weighted by Gasteiger charge is 2.13. The number of halogens is 1. The van der Waals surface area contributed by atoms with E-state index < -0.39 is 0 Å². The van der Waals surface area contributed by atoms with Gasteiger partial charge in [0.2, 0.25) is 5.91 Å². The first-order chi connectivity index (χ1) is 12.2. The van der Waals surface area contributed by atoms with Crippen molar-refractivity contribution in [2.45, 2.75) is 32.1 Å². The minimum Gasteiger partial charge on any atom is -0.461 e. The highest BCUT2D eigenvalue weighted by atomic mass is 19.1. The molecule has 1 aliphatic rings. The van der Waals surface area contributed by atoms with Crippen molar-refractivity contribution in [3.8, 4) is 11.3 Å². The van der Waals surface area contributed by atoms with Gasteiger partial charge < -0.3 is 15.1 Å². The summed E-state index contributed by atoms with van der Waals surface area (Å²) in [4.78, 5) is 12.0. The Balaban J connectivity index is 1.41. The minimum atomic E-state index is -0.307. The summed E-state index contributed by atoms with van der Waals surface area (Å²) in [6.45, 7) is 2.89. The second kappa shape index (κ2) is 8.81. The van der Waals surface area contributed by atoms with Crippen LogP contribution in [0.3, 0.4) is 0 Å². The fourth-order valence-electron chi connectivity index (χ4n) is 3.23. The molecule has 1 aromatic carbocycles. The van der Waals surface area contributed by atoms with Crippen molar-refractivity contribution in [1.29, 1.82) is 0 Å². The summed E-state index contributed by atoms with van der Waals surface area (Å²) >= 11 is 0. The van der Waals surface area contributed by atoms with Crippen molar-refractivity contribution >= 4 is 5.91 Å². The highest BCUT2D eigenvalue weighted by Crippen LogP contribution is 2.25. The zero-order valence-electron chi connectivity index (χ0n) is 14.4. The summed E-state index contributed by atoms with van der Waals surface area (Å²) in [6, 6.07) is 10.1. The van der Waals surface area contributed by atoms with E-state index in [2.05, 4.69) is 10.6 Å². The standard InChI is InChI=1S/C20H25FN2O2/c21-18-6-2-1-5-17(18)19-9-7-16(25-19)8-10-20(24)23-13-11-15-4-3-12-22-14-15/h1-2,5-7,9,15,22H,3-4,8,10-14H2,(H,23,24). The Morgan fingerprint density at radius 1 is 1.28 bits per heavy atom. The van der Waals surface area contributed by atoms with Gasteiger partial charge in [0.05, 0.1) is 5.56 Å². The third kappa shape index (κ3) is 5.16. The SMILES string of the molecule is O=C(CCc1ccc(-c2ccccc2F)o1)NCCC1CCCNC1. The lowest BCUT2D eigenvalue weighted by molar-refractivity contribution is -0.121. The molecule has 0 radical (unpaired) electrons. The number of nitrogens with one attached hydrogen (secondary N) is 2. The lowest BCUT2D eigenvalue weighted by Crippen LogP contribution is -2.33. The molecule has 1 fully saturated rings. The fourth-order valence-corrected chi connectivity index (χ4v) is 3.23. The summed E-state index contributed by atoms with van der Waals surface area (Å²) < 4.78 is 19.4. The molecule has 1 amide bonds. The second-order valence-corrected chi connectivity index (χ2v) is 6.60. The Morgan fingerprint density at radius 3 is 2.96 bits per heavy atom. The average molecular weight is 344 g/mol. The van der Waals surface area contributed by atoms with Crippen molar-refractivity contribution in [1.82, 2.24) is 10.6 Å². The quantitative estimate of drug-likeness (QED) is 0.808. The molecule has 4 nitrogen and oxygen atoms in total. The summed E-state index contributed by atoms with van der Waals surface area (Å²) in [5.41, 5.74) is 0.444. The lowest BCUT2D eigenvalue weighted by Gasteiger charge is -2.22. The number of piperidine rings is 1. The topological polar surface area (TPSA) is 54.3 Å². The van der Waals surface area contributed by atoms with Crippen LogP contribution in [0, 0.1) is 11.7 Å². The molecule has 5 heteroatoms. The van der Waals surface area contributed by atoms with Crippen LogP contribution in [0.5, 0.6) is 0 Å². The molecule has 1 aromatic heterocycles. The average Bonchev–Trinajstić information content (AvgIpc) is 3.10. The van der Waals surface area contributed by atoms with Gasteiger partial charge in [0.1, 0.15) is 17.3 Å². The Morgan fingerprint density at radius 2 is 2.16 bits per heavy atom. The molecule has 2 heterocycles. The maximum absolute atomic E-state index is 13.8. The van der Waals surface area contributed by atoms with Crippen LogP contribution >= 0.6 is 0 Å². The zero-order valence-corrected chi connectivity index (χ0v) is 14.4. The van der Waals surface area contributed by atoms with E-state index in [1.54, 1.807) is 24.3 Å². The van der Waals surface area contributed by atoms with Gasteiger partial charge in [0.15, 0.2) is 0 Å². The smallest absolute Gasteiger partial charge is 0.220 e. The minimum absolute atomic E-state index is 0.0348. The maximum atomic E-state index is 13.8. The third-order valence-electron chi connectivity index (χ3n) is 4.67. The van der Waals surface area contributed by atoms with Crippen LogP contribution in [-0.2, 0) is 11.2 Å². The molecule has 3 rings (SSSR count). The first kappa shape index (κ1) is 17.7. The Hall–Kier alpha value is -2.14. The Labute approximate surface area is 147 Å². The van der Waals surface area contributed by atoms with Crippen LogP contribution in [0.2, 0.25) is 0 Å². The van der Waals surface area contributed by atoms with E-state index in [4.69, 9.17) is 4.42 Å². The third-order valence-corrected chi connectivity index (χ3v) is 4.67. The van der Waals surface area contributed by atoms with Gasteiger partial charge in [-0.1, -0.05) is 12.1 Å². The van der Waals surface area contributed by atoms with Crippen molar-refractivity contribution in [2.75, 3.05) is 19.6 Å². The van der Waals surface area contributed by atoms with E-state index in [-0.39, 0.29) is 11.7 Å². The van der Waals surface area contributed by atoms with Gasteiger partial charge in [-0.05, 0) is 62.5 Å². The van der Waals surface area contributed by atoms with Gasteiger partial charge in [0, 0.05) is 19.4 Å². The van der Waals surface area contributed by atoms with Gasteiger partial charge in [0.25, 0.3) is 0 Å². The molecule has 0 saturated carbocycles. The lowest BCUT2D eigenvalue weighted by atomic mass is 9.96. The second-order valence-electron chi connectivity index (χ2n) is 6.60. The van der Waals surface area contributed by atoms with Crippen LogP contribution in [0.4, 0.5) is 4.39 Å². The predicted molar refractivity (Wildman–Crippen MR) is 95.6 cm³/mol. The maximum Gasteiger partial charge on any atom is 0.220 e. The van der Waals surface area contributed by atoms with E-state index in [1.165, 1.54) is 18.9 Å². The number of furan rings is 1. The predicted octanol–water partition coefficient (Wildman–Crippen LogP) is 3.52. The molecule has 1 aliphatic heterocycles. The van der Waals surface area contributed by atoms with Gasteiger partial charge in [-0.25, -0.2) is 4.39 Å². The number of carbonyl (C=O) groups excluding carboxylic acids is 1. The number of amides is 1. The van der Waals surface area contributed by atoms with E-state index in [0.29, 0.717) is 35.8 Å². The van der Waals surface area contributed by atoms with Gasteiger partial charge in [-0.15, -0.1) is 0 Å². The van der Waals surface area contributed by atoms with Crippen LogP contribution in [0.1, 0.15) is 31.4 Å². The molecule has 0 spiro atoms. The van der Waals surface area contributed by atoms with Gasteiger partial charge in [-0.3, -0.25) is 4.79 Å². The van der Waals surface area contributed by atoms with Crippen LogP contribution < -0.4 is 10.6 Å². The molecule has 2 aromatic rings. The fraction of sp³-hybridized carbons (Fsp3) is 0.450. The summed E-state index contributed by atoms with van der Waals surface area (Å²) in [7, 11) is 0. The largest absolute Gasteiger partial charge is 0.461 e. The Kier molecular flexibility index (Phi) is 6.23. The molecule has 2 N–H and O–H groups in total. The number of carbonyl (C=O) groups is 1. The van der Waals surface area contributed by atoms with Crippen LogP contribution in [0.25, 0.3) is 11.3 Å². The number of benzene rings is 1. The van der Waals surface area contributed by atoms with E-state index >= 15 is 0 Å². The first-order valence-electron chi connectivity index (χ1n) is 9.03. The molecular weight excluding hydrogens is 319 g/mol. The first-order valence-corrected chi connectivity index (χ1v) is 9.03. The molecule has 0 bridgehead atoms. The zero-order chi connectivity index (χ0) is 17.5. The monoisotopic (exact) mass is 344 g/mol. The van der Waals surface area contributed by atoms with Gasteiger partial charge in [-0.2, -0.15) is 0 Å². The Bertz CT molecular complexity index is 693. The van der Waals surface area contributed by atoms with Crippen LogP contribution in [-0.4, -0.2) is 25.5 Å². The van der Waals surface area contributed by atoms with Crippen molar-refractivity contribution in [2.24, 2.45) is 5.92 Å². The number of hydrogen-bond donors (Lipinski definition) is 2. The number of rotatable bonds is 7. The highest BCUT2D eigenvalue weighted by molar-refractivity contribution is 5.76. The van der Waals surface area contributed by atoms with E-state index in [1.807, 2.05) is 6.07 Å². The van der Waals surface area contributed by atoms with Crippen molar-refractivity contribution < 1.29 is 13.6 Å². The van der Waals surface area contributed by atoms with Crippen LogP contribution in [0.15, 0.2) is 40.8 Å². The molecular formula is C20H25FN2O2. The number of hydrogen-bond acceptors (Lipinski definition) is 3. The molecule has 1 unspecified atom stereocenters. The summed E-state index contributed by atoms with van der Waals surface area (Å²) in [6.07, 6.45) is 4.39. The van der Waals surface area contributed by atoms with Crippen molar-refractivity contribution in [3.63, 3.8) is 0 Å². The molecule has 134 valence electrons. The molecule has 1 saturated heterocycles. The van der Waals surface area contributed by atoms with E-state index in [9.17, 15) is 9.18 Å². The van der Waals surface area contributed by atoms with Crippen molar-refractivity contribution in [3.05, 3.63) is 48.0 Å². The molecule has 0 aliphatic carbocycles. The summed E-state index contributed by atoms with van der Waals surface area (Å²) in [5.74, 6) is 1.59. The normalized spacial score (nSPS) is 17.4. The summed E-state index contributed by atoms with van der Waals surface area (Å²) in [5, 5.41) is 6.37. The van der Waals surface area contributed by atoms with E-state index in [0.717, 1.165) is 26.1 Å². The number of aryl methyl sites for hydroxylation is 1. The van der Waals surface area contributed by atoms with Gasteiger partial charge >= 0.3 is 0 Å². The molecule has 25 heavy (non-hydrogen) atoms. The molecule has 1 atom stereocenters.